The number of amides is 1. The summed E-state index contributed by atoms with van der Waals surface area (Å²) in [6.45, 7) is 0. The topological polar surface area (TPSA) is 119 Å². The normalized spacial score (nSPS) is 11.5. The summed E-state index contributed by atoms with van der Waals surface area (Å²) in [4.78, 5) is 13.0. The Labute approximate surface area is 236 Å². The van der Waals surface area contributed by atoms with Crippen LogP contribution in [0.5, 0.6) is 11.5 Å². The first-order valence-electron chi connectivity index (χ1n) is 11.9. The van der Waals surface area contributed by atoms with Gasteiger partial charge in [-0.15, -0.1) is 0 Å². The molecule has 4 rings (SSSR count). The molecule has 0 atom stereocenters. The molecule has 0 heterocycles. The zero-order chi connectivity index (χ0) is 29.8. The third kappa shape index (κ3) is 6.47. The van der Waals surface area contributed by atoms with E-state index in [1.54, 1.807) is 30.3 Å². The SMILES string of the molecule is COc1cc(N(C(=O)Cc2ccccc2)S(=O)(=O)c2ccc(F)cc2)c(OC)cc1NS(=O)(=O)c1ccc(F)cc1. The van der Waals surface area contributed by atoms with Crippen molar-refractivity contribution in [1.29, 1.82) is 0 Å². The standard InChI is InChI=1S/C28H24F2N2O7S2/c1-38-26-18-25(27(39-2)17-24(26)31-40(34,35)22-12-8-20(29)9-13-22)32(28(33)16-19-6-4-3-5-7-19)41(36,37)23-14-10-21(30)11-15-23/h3-15,17-18,31H,16H2,1-2H3. The van der Waals surface area contributed by atoms with Gasteiger partial charge in [-0.3, -0.25) is 9.52 Å². The molecule has 1 N–H and O–H groups in total. The highest BCUT2D eigenvalue weighted by Gasteiger charge is 2.34. The predicted molar refractivity (Wildman–Crippen MR) is 148 cm³/mol. The zero-order valence-electron chi connectivity index (χ0n) is 21.7. The molecule has 0 radical (unpaired) electrons. The number of nitrogens with one attached hydrogen (secondary N) is 1. The van der Waals surface area contributed by atoms with Crippen molar-refractivity contribution in [2.24, 2.45) is 0 Å². The molecule has 4 aromatic carbocycles. The lowest BCUT2D eigenvalue weighted by Crippen LogP contribution is -2.38. The van der Waals surface area contributed by atoms with E-state index in [1.165, 1.54) is 14.2 Å². The lowest BCUT2D eigenvalue weighted by molar-refractivity contribution is -0.116. The van der Waals surface area contributed by atoms with Crippen LogP contribution in [0.2, 0.25) is 0 Å². The molecule has 0 fully saturated rings. The molecule has 214 valence electrons. The third-order valence-corrected chi connectivity index (χ3v) is 8.99. The van der Waals surface area contributed by atoms with Gasteiger partial charge in [0.05, 0.1) is 36.1 Å². The number of anilines is 2. The maximum atomic E-state index is 13.8. The highest BCUT2D eigenvalue weighted by Crippen LogP contribution is 2.41. The van der Waals surface area contributed by atoms with E-state index < -0.39 is 37.6 Å². The second kappa shape index (κ2) is 11.9. The molecule has 13 heteroatoms. The molecular formula is C28H24F2N2O7S2. The first-order chi connectivity index (χ1) is 19.5. The molecule has 9 nitrogen and oxygen atoms in total. The van der Waals surface area contributed by atoms with Crippen LogP contribution in [0.4, 0.5) is 20.2 Å². The van der Waals surface area contributed by atoms with E-state index >= 15 is 0 Å². The van der Waals surface area contributed by atoms with E-state index in [0.717, 1.165) is 60.7 Å². The van der Waals surface area contributed by atoms with Gasteiger partial charge in [-0.25, -0.2) is 25.6 Å². The average molecular weight is 603 g/mol. The number of hydrogen-bond acceptors (Lipinski definition) is 7. The molecule has 0 bridgehead atoms. The molecule has 0 spiro atoms. The van der Waals surface area contributed by atoms with Crippen LogP contribution >= 0.6 is 0 Å². The van der Waals surface area contributed by atoms with Crippen LogP contribution in [0, 0.1) is 11.6 Å². The Bertz CT molecular complexity index is 1770. The van der Waals surface area contributed by atoms with Crippen LogP contribution in [0.1, 0.15) is 5.56 Å². The second-order valence-corrected chi connectivity index (χ2v) is 12.0. The van der Waals surface area contributed by atoms with Crippen molar-refractivity contribution in [3.8, 4) is 11.5 Å². The molecule has 4 aromatic rings. The van der Waals surface area contributed by atoms with Gasteiger partial charge in [-0.05, 0) is 54.1 Å². The summed E-state index contributed by atoms with van der Waals surface area (Å²) < 4.78 is 94.0. The Morgan fingerprint density at radius 1 is 0.756 bits per heavy atom. The van der Waals surface area contributed by atoms with Gasteiger partial charge < -0.3 is 9.47 Å². The number of nitrogens with zero attached hydrogens (tertiary/aromatic N) is 1. The van der Waals surface area contributed by atoms with Crippen molar-refractivity contribution in [2.75, 3.05) is 23.2 Å². The maximum Gasteiger partial charge on any atom is 0.271 e. The van der Waals surface area contributed by atoms with Gasteiger partial charge in [0.15, 0.2) is 0 Å². The Hall–Kier alpha value is -4.49. The van der Waals surface area contributed by atoms with Gasteiger partial charge in [0.2, 0.25) is 5.91 Å². The minimum atomic E-state index is -4.64. The number of rotatable bonds is 10. The molecule has 41 heavy (non-hydrogen) atoms. The molecule has 1 amide bonds. The van der Waals surface area contributed by atoms with Crippen molar-refractivity contribution in [3.05, 3.63) is 108 Å². The van der Waals surface area contributed by atoms with Gasteiger partial charge in [-0.2, -0.15) is 4.31 Å². The fourth-order valence-corrected chi connectivity index (χ4v) is 6.38. The van der Waals surface area contributed by atoms with Crippen LogP contribution < -0.4 is 18.5 Å². The second-order valence-electron chi connectivity index (χ2n) is 8.56. The summed E-state index contributed by atoms with van der Waals surface area (Å²) in [5.41, 5.74) is 0.0952. The zero-order valence-corrected chi connectivity index (χ0v) is 23.4. The molecule has 0 aromatic heterocycles. The highest BCUT2D eigenvalue weighted by atomic mass is 32.2. The number of ether oxygens (including phenoxy) is 2. The number of halogens is 2. The summed E-state index contributed by atoms with van der Waals surface area (Å²) >= 11 is 0. The summed E-state index contributed by atoms with van der Waals surface area (Å²) in [5, 5.41) is 0. The van der Waals surface area contributed by atoms with Gasteiger partial charge in [0.1, 0.15) is 28.8 Å². The fourth-order valence-electron chi connectivity index (χ4n) is 3.89. The first kappa shape index (κ1) is 29.5. The largest absolute Gasteiger partial charge is 0.494 e. The van der Waals surface area contributed by atoms with E-state index in [1.807, 2.05) is 0 Å². The molecule has 0 aliphatic carbocycles. The number of carbonyl (C=O) groups is 1. The number of methoxy groups -OCH3 is 2. The molecule has 0 saturated heterocycles. The summed E-state index contributed by atoms with van der Waals surface area (Å²) in [5.74, 6) is -2.54. The average Bonchev–Trinajstić information content (AvgIpc) is 2.94. The van der Waals surface area contributed by atoms with Crippen molar-refractivity contribution >= 4 is 37.3 Å². The van der Waals surface area contributed by atoms with E-state index in [0.29, 0.717) is 9.87 Å². The van der Waals surface area contributed by atoms with Crippen LogP contribution in [0.15, 0.2) is 101 Å². The highest BCUT2D eigenvalue weighted by molar-refractivity contribution is 7.93. The Morgan fingerprint density at radius 3 is 1.83 bits per heavy atom. The van der Waals surface area contributed by atoms with Gasteiger partial charge in [0, 0.05) is 12.1 Å². The van der Waals surface area contributed by atoms with E-state index in [4.69, 9.17) is 9.47 Å². The van der Waals surface area contributed by atoms with Crippen molar-refractivity contribution in [2.45, 2.75) is 16.2 Å². The fraction of sp³-hybridized carbons (Fsp3) is 0.107. The predicted octanol–water partition coefficient (Wildman–Crippen LogP) is 4.75. The lowest BCUT2D eigenvalue weighted by Gasteiger charge is -2.26. The number of hydrogen-bond donors (Lipinski definition) is 1. The van der Waals surface area contributed by atoms with E-state index in [-0.39, 0.29) is 39.1 Å². The van der Waals surface area contributed by atoms with Crippen LogP contribution in [-0.2, 0) is 31.3 Å². The molecule has 0 aliphatic heterocycles. The van der Waals surface area contributed by atoms with Gasteiger partial charge in [0.25, 0.3) is 20.0 Å². The minimum Gasteiger partial charge on any atom is -0.494 e. The van der Waals surface area contributed by atoms with Crippen LogP contribution in [-0.4, -0.2) is 37.0 Å². The summed E-state index contributed by atoms with van der Waals surface area (Å²) in [6, 6.07) is 18.7. The first-order valence-corrected chi connectivity index (χ1v) is 14.8. The minimum absolute atomic E-state index is 0.146. The Kier molecular flexibility index (Phi) is 8.59. The van der Waals surface area contributed by atoms with E-state index in [9.17, 15) is 30.4 Å². The maximum absolute atomic E-state index is 13.8. The Balaban J connectivity index is 1.85. The quantitative estimate of drug-likeness (QED) is 0.278. The summed E-state index contributed by atoms with van der Waals surface area (Å²) in [7, 11) is -6.46. The lowest BCUT2D eigenvalue weighted by atomic mass is 10.1. The van der Waals surface area contributed by atoms with Crippen molar-refractivity contribution in [1.82, 2.24) is 0 Å². The van der Waals surface area contributed by atoms with Gasteiger partial charge >= 0.3 is 0 Å². The van der Waals surface area contributed by atoms with E-state index in [2.05, 4.69) is 4.72 Å². The number of benzene rings is 4. The Morgan fingerprint density at radius 2 is 1.29 bits per heavy atom. The third-order valence-electron chi connectivity index (χ3n) is 5.86. The summed E-state index contributed by atoms with van der Waals surface area (Å²) in [6.07, 6.45) is -0.328. The monoisotopic (exact) mass is 602 g/mol. The van der Waals surface area contributed by atoms with Crippen LogP contribution in [0.25, 0.3) is 0 Å². The molecule has 0 saturated carbocycles. The smallest absolute Gasteiger partial charge is 0.271 e. The number of carbonyl (C=O) groups excluding carboxylic acids is 1. The van der Waals surface area contributed by atoms with Crippen molar-refractivity contribution in [3.63, 3.8) is 0 Å². The molecule has 0 unspecified atom stereocenters. The van der Waals surface area contributed by atoms with Crippen LogP contribution in [0.3, 0.4) is 0 Å². The molecular weight excluding hydrogens is 578 g/mol. The number of sulfonamides is 2. The van der Waals surface area contributed by atoms with Gasteiger partial charge in [-0.1, -0.05) is 30.3 Å². The van der Waals surface area contributed by atoms with Crippen molar-refractivity contribution < 1.29 is 39.9 Å². The molecule has 0 aliphatic rings.